The molecule has 0 aromatic carbocycles. The number of amides is 1. The largest absolute Gasteiger partial charge is 0.366 e. The van der Waals surface area contributed by atoms with Gasteiger partial charge in [-0.15, -0.1) is 0 Å². The number of nitrogens with one attached hydrogen (secondary N) is 1. The standard InChI is InChI=1S/C14H21N3O/c1-4-12-13(5-2)15-10-14(12)17-8-6-16(7-9-17)11(3)18/h4-5,10,15H,6-9H2,1-3H3. The molecule has 1 aliphatic heterocycles. The smallest absolute Gasteiger partial charge is 0.219 e. The summed E-state index contributed by atoms with van der Waals surface area (Å²) in [5, 5.41) is 2.43. The zero-order valence-corrected chi connectivity index (χ0v) is 11.4. The van der Waals surface area contributed by atoms with Gasteiger partial charge in [0.25, 0.3) is 0 Å². The zero-order chi connectivity index (χ0) is 13.1. The molecule has 98 valence electrons. The number of hydrogen-bond acceptors (Lipinski definition) is 2. The number of nitrogens with zero attached hydrogens (tertiary/aromatic N) is 2. The predicted octanol–water partition coefficient (Wildman–Crippen LogP) is 0.284. The maximum Gasteiger partial charge on any atom is 0.219 e. The summed E-state index contributed by atoms with van der Waals surface area (Å²) in [6.45, 7) is 9.18. The highest BCUT2D eigenvalue weighted by Gasteiger charge is 2.19. The topological polar surface area (TPSA) is 39.3 Å². The second-order valence-electron chi connectivity index (χ2n) is 4.57. The van der Waals surface area contributed by atoms with Crippen LogP contribution in [0.3, 0.4) is 0 Å². The van der Waals surface area contributed by atoms with Gasteiger partial charge < -0.3 is 14.8 Å². The fourth-order valence-corrected chi connectivity index (χ4v) is 2.51. The van der Waals surface area contributed by atoms with Gasteiger partial charge in [-0.25, -0.2) is 0 Å². The molecule has 2 heterocycles. The maximum atomic E-state index is 11.3. The first-order chi connectivity index (χ1) is 8.67. The average molecular weight is 247 g/mol. The minimum Gasteiger partial charge on any atom is -0.366 e. The van der Waals surface area contributed by atoms with E-state index in [2.05, 4.69) is 35.2 Å². The van der Waals surface area contributed by atoms with Crippen LogP contribution in [0.1, 0.15) is 20.8 Å². The Morgan fingerprint density at radius 2 is 1.89 bits per heavy atom. The van der Waals surface area contributed by atoms with Crippen molar-refractivity contribution >= 4 is 23.7 Å². The average Bonchev–Trinajstić information content (AvgIpc) is 2.81. The lowest BCUT2D eigenvalue weighted by Gasteiger charge is -2.35. The van der Waals surface area contributed by atoms with E-state index in [9.17, 15) is 4.79 Å². The maximum absolute atomic E-state index is 11.3. The van der Waals surface area contributed by atoms with E-state index in [1.165, 1.54) is 16.3 Å². The number of H-pyrrole nitrogens is 1. The minimum atomic E-state index is 0.175. The molecule has 4 heteroatoms. The SMILES string of the molecule is CC=c1[nH]cc(N2CCN(C(C)=O)CC2)c1=CC. The summed E-state index contributed by atoms with van der Waals surface area (Å²) in [5.41, 5.74) is 1.24. The van der Waals surface area contributed by atoms with Gasteiger partial charge in [0.15, 0.2) is 0 Å². The molecule has 0 radical (unpaired) electrons. The van der Waals surface area contributed by atoms with Crippen molar-refractivity contribution < 1.29 is 4.79 Å². The van der Waals surface area contributed by atoms with Crippen molar-refractivity contribution in [2.75, 3.05) is 31.1 Å². The van der Waals surface area contributed by atoms with Gasteiger partial charge in [0.05, 0.1) is 5.69 Å². The molecule has 0 aliphatic carbocycles. The van der Waals surface area contributed by atoms with Gasteiger partial charge in [-0.05, 0) is 13.8 Å². The van der Waals surface area contributed by atoms with Gasteiger partial charge in [-0.1, -0.05) is 12.2 Å². The second kappa shape index (κ2) is 5.29. The zero-order valence-electron chi connectivity index (χ0n) is 11.4. The molecule has 0 unspecified atom stereocenters. The summed E-state index contributed by atoms with van der Waals surface area (Å²) in [6, 6.07) is 0. The van der Waals surface area contributed by atoms with Crippen molar-refractivity contribution in [2.24, 2.45) is 0 Å². The molecule has 1 amide bonds. The quantitative estimate of drug-likeness (QED) is 0.774. The Morgan fingerprint density at radius 3 is 2.39 bits per heavy atom. The third-order valence-corrected chi connectivity index (χ3v) is 3.57. The highest BCUT2D eigenvalue weighted by Crippen LogP contribution is 2.10. The molecule has 1 aliphatic rings. The first-order valence-corrected chi connectivity index (χ1v) is 6.48. The van der Waals surface area contributed by atoms with E-state index in [0.29, 0.717) is 0 Å². The molecular weight excluding hydrogens is 226 g/mol. The molecule has 1 aromatic rings. The van der Waals surface area contributed by atoms with Gasteiger partial charge in [0.1, 0.15) is 0 Å². The molecule has 1 N–H and O–H groups in total. The number of aromatic amines is 1. The molecular formula is C14H21N3O. The number of piperazine rings is 1. The first-order valence-electron chi connectivity index (χ1n) is 6.48. The van der Waals surface area contributed by atoms with Crippen LogP contribution in [0.2, 0.25) is 0 Å². The van der Waals surface area contributed by atoms with Crippen LogP contribution in [0, 0.1) is 0 Å². The van der Waals surface area contributed by atoms with Crippen LogP contribution in [0.5, 0.6) is 0 Å². The molecule has 1 aromatic heterocycles. The Labute approximate surface area is 108 Å². The normalized spacial score (nSPS) is 18.6. The summed E-state index contributed by atoms with van der Waals surface area (Å²) < 4.78 is 0. The second-order valence-corrected chi connectivity index (χ2v) is 4.57. The summed E-state index contributed by atoms with van der Waals surface area (Å²) in [7, 11) is 0. The van der Waals surface area contributed by atoms with E-state index in [0.717, 1.165) is 26.2 Å². The Kier molecular flexibility index (Phi) is 3.75. The Balaban J connectivity index is 2.21. The molecule has 1 saturated heterocycles. The highest BCUT2D eigenvalue weighted by atomic mass is 16.2. The van der Waals surface area contributed by atoms with Crippen LogP contribution in [-0.2, 0) is 4.79 Å². The monoisotopic (exact) mass is 247 g/mol. The molecule has 18 heavy (non-hydrogen) atoms. The highest BCUT2D eigenvalue weighted by molar-refractivity contribution is 5.73. The fourth-order valence-electron chi connectivity index (χ4n) is 2.51. The lowest BCUT2D eigenvalue weighted by Crippen LogP contribution is -2.49. The van der Waals surface area contributed by atoms with Gasteiger partial charge >= 0.3 is 0 Å². The van der Waals surface area contributed by atoms with Crippen LogP contribution in [-0.4, -0.2) is 42.0 Å². The van der Waals surface area contributed by atoms with E-state index >= 15 is 0 Å². The van der Waals surface area contributed by atoms with E-state index in [4.69, 9.17) is 0 Å². The number of carbonyl (C=O) groups excluding carboxylic acids is 1. The molecule has 2 rings (SSSR count). The van der Waals surface area contributed by atoms with E-state index < -0.39 is 0 Å². The van der Waals surface area contributed by atoms with E-state index in [1.807, 2.05) is 11.8 Å². The summed E-state index contributed by atoms with van der Waals surface area (Å²) >= 11 is 0. The van der Waals surface area contributed by atoms with E-state index in [1.54, 1.807) is 6.92 Å². The lowest BCUT2D eigenvalue weighted by molar-refractivity contribution is -0.129. The van der Waals surface area contributed by atoms with Crippen LogP contribution >= 0.6 is 0 Å². The van der Waals surface area contributed by atoms with Crippen molar-refractivity contribution in [1.82, 2.24) is 9.88 Å². The lowest BCUT2D eigenvalue weighted by atomic mass is 10.2. The first kappa shape index (κ1) is 12.7. The van der Waals surface area contributed by atoms with Crippen LogP contribution < -0.4 is 15.5 Å². The van der Waals surface area contributed by atoms with Crippen molar-refractivity contribution in [3.8, 4) is 0 Å². The summed E-state index contributed by atoms with van der Waals surface area (Å²) in [5.74, 6) is 0.175. The van der Waals surface area contributed by atoms with Crippen LogP contribution in [0.15, 0.2) is 6.20 Å². The third-order valence-electron chi connectivity index (χ3n) is 3.57. The number of hydrogen-bond donors (Lipinski definition) is 1. The number of anilines is 1. The molecule has 4 nitrogen and oxygen atoms in total. The molecule has 1 fully saturated rings. The minimum absolute atomic E-state index is 0.175. The van der Waals surface area contributed by atoms with Gasteiger partial charge in [0, 0.05) is 49.9 Å². The van der Waals surface area contributed by atoms with E-state index in [-0.39, 0.29) is 5.91 Å². The number of rotatable bonds is 1. The van der Waals surface area contributed by atoms with Crippen molar-refractivity contribution in [3.63, 3.8) is 0 Å². The molecule has 0 atom stereocenters. The van der Waals surface area contributed by atoms with Crippen molar-refractivity contribution in [3.05, 3.63) is 16.8 Å². The molecule has 0 spiro atoms. The Hall–Kier alpha value is -1.71. The fraction of sp³-hybridized carbons (Fsp3) is 0.500. The molecule has 0 bridgehead atoms. The Bertz CT molecular complexity index is 536. The van der Waals surface area contributed by atoms with Gasteiger partial charge in [-0.2, -0.15) is 0 Å². The van der Waals surface area contributed by atoms with Crippen molar-refractivity contribution in [2.45, 2.75) is 20.8 Å². The van der Waals surface area contributed by atoms with Crippen LogP contribution in [0.4, 0.5) is 5.69 Å². The predicted molar refractivity (Wildman–Crippen MR) is 74.8 cm³/mol. The summed E-state index contributed by atoms with van der Waals surface area (Å²) in [6.07, 6.45) is 6.29. The number of carbonyl (C=O) groups is 1. The summed E-state index contributed by atoms with van der Waals surface area (Å²) in [4.78, 5) is 18.9. The van der Waals surface area contributed by atoms with Crippen molar-refractivity contribution in [1.29, 1.82) is 0 Å². The van der Waals surface area contributed by atoms with Gasteiger partial charge in [0.2, 0.25) is 5.91 Å². The third kappa shape index (κ3) is 2.28. The van der Waals surface area contributed by atoms with Crippen LogP contribution in [0.25, 0.3) is 12.2 Å². The Morgan fingerprint density at radius 1 is 1.22 bits per heavy atom. The molecule has 0 saturated carbocycles. The van der Waals surface area contributed by atoms with Gasteiger partial charge in [-0.3, -0.25) is 4.79 Å². The number of aromatic nitrogens is 1.